The van der Waals surface area contributed by atoms with Gasteiger partial charge in [-0.25, -0.2) is 0 Å². The molecular formula is C9H14O4. The zero-order chi connectivity index (χ0) is 10.3. The van der Waals surface area contributed by atoms with Gasteiger partial charge in [0.05, 0.1) is 6.42 Å². The van der Waals surface area contributed by atoms with Crippen molar-refractivity contribution < 1.29 is 19.1 Å². The molecular weight excluding hydrogens is 172 g/mol. The van der Waals surface area contributed by atoms with Crippen LogP contribution in [0.1, 0.15) is 27.2 Å². The van der Waals surface area contributed by atoms with Crippen LogP contribution in [0.5, 0.6) is 0 Å². The van der Waals surface area contributed by atoms with Crippen LogP contribution < -0.4 is 0 Å². The summed E-state index contributed by atoms with van der Waals surface area (Å²) in [7, 11) is 0. The van der Waals surface area contributed by atoms with Crippen molar-refractivity contribution in [2.45, 2.75) is 27.2 Å². The van der Waals surface area contributed by atoms with Gasteiger partial charge in [0.25, 0.3) is 0 Å². The van der Waals surface area contributed by atoms with Crippen molar-refractivity contribution in [3.63, 3.8) is 0 Å². The van der Waals surface area contributed by atoms with Crippen molar-refractivity contribution in [3.05, 3.63) is 11.8 Å². The summed E-state index contributed by atoms with van der Waals surface area (Å²) in [4.78, 5) is 20.8. The van der Waals surface area contributed by atoms with Crippen LogP contribution in [0.2, 0.25) is 0 Å². The van der Waals surface area contributed by atoms with E-state index < -0.39 is 0 Å². The summed E-state index contributed by atoms with van der Waals surface area (Å²) in [5.74, 6) is -0.258. The van der Waals surface area contributed by atoms with Crippen LogP contribution in [0, 0.1) is 0 Å². The summed E-state index contributed by atoms with van der Waals surface area (Å²) >= 11 is 0. The van der Waals surface area contributed by atoms with Crippen LogP contribution >= 0.6 is 0 Å². The van der Waals surface area contributed by atoms with Crippen molar-refractivity contribution in [2.75, 3.05) is 6.61 Å². The van der Waals surface area contributed by atoms with E-state index in [1.807, 2.05) is 13.8 Å². The van der Waals surface area contributed by atoms with Gasteiger partial charge >= 0.3 is 11.9 Å². The van der Waals surface area contributed by atoms with E-state index in [4.69, 9.17) is 0 Å². The van der Waals surface area contributed by atoms with E-state index in [1.165, 1.54) is 6.92 Å². The maximum absolute atomic E-state index is 10.5. The first-order valence-electron chi connectivity index (χ1n) is 4.21. The lowest BCUT2D eigenvalue weighted by atomic mass is 10.4. The number of cyclic esters (lactones) is 1. The van der Waals surface area contributed by atoms with Gasteiger partial charge in [-0.3, -0.25) is 9.59 Å². The molecule has 0 spiro atoms. The van der Waals surface area contributed by atoms with E-state index >= 15 is 0 Å². The summed E-state index contributed by atoms with van der Waals surface area (Å²) in [6, 6.07) is 0. The largest absolute Gasteiger partial charge is 0.458 e. The highest BCUT2D eigenvalue weighted by molar-refractivity contribution is 5.75. The molecule has 0 aromatic heterocycles. The molecule has 74 valence electrons. The van der Waals surface area contributed by atoms with E-state index in [9.17, 15) is 9.59 Å². The molecule has 0 aromatic rings. The van der Waals surface area contributed by atoms with Gasteiger partial charge in [-0.05, 0) is 6.08 Å². The molecule has 1 heterocycles. The first-order valence-corrected chi connectivity index (χ1v) is 4.21. The Bertz CT molecular complexity index is 218. The monoisotopic (exact) mass is 186 g/mol. The summed E-state index contributed by atoms with van der Waals surface area (Å²) in [5.41, 5.74) is 0. The molecule has 4 nitrogen and oxygen atoms in total. The van der Waals surface area contributed by atoms with Crippen molar-refractivity contribution in [2.24, 2.45) is 0 Å². The lowest BCUT2D eigenvalue weighted by molar-refractivity contribution is -0.144. The van der Waals surface area contributed by atoms with Gasteiger partial charge in [-0.15, -0.1) is 0 Å². The van der Waals surface area contributed by atoms with Gasteiger partial charge in [-0.2, -0.15) is 0 Å². The molecule has 0 radical (unpaired) electrons. The van der Waals surface area contributed by atoms with E-state index in [2.05, 4.69) is 9.47 Å². The van der Waals surface area contributed by atoms with Crippen molar-refractivity contribution in [1.82, 2.24) is 0 Å². The molecule has 0 bridgehead atoms. The average Bonchev–Trinajstić information content (AvgIpc) is 2.52. The highest BCUT2D eigenvalue weighted by Gasteiger charge is 2.14. The predicted octanol–water partition coefficient (Wildman–Crippen LogP) is 1.41. The second-order valence-corrected chi connectivity index (χ2v) is 2.13. The molecule has 0 atom stereocenters. The fourth-order valence-electron chi connectivity index (χ4n) is 0.688. The third kappa shape index (κ3) is 5.00. The maximum atomic E-state index is 10.5. The molecule has 0 aromatic carbocycles. The number of carbonyl (C=O) groups is 2. The third-order valence-electron chi connectivity index (χ3n) is 1.16. The van der Waals surface area contributed by atoms with Crippen LogP contribution in [0.25, 0.3) is 0 Å². The van der Waals surface area contributed by atoms with Gasteiger partial charge in [-0.1, -0.05) is 13.8 Å². The van der Waals surface area contributed by atoms with E-state index in [-0.39, 0.29) is 25.0 Å². The second-order valence-electron chi connectivity index (χ2n) is 2.13. The summed E-state index contributed by atoms with van der Waals surface area (Å²) < 4.78 is 9.25. The summed E-state index contributed by atoms with van der Waals surface area (Å²) in [6.07, 6.45) is 1.88. The Hall–Kier alpha value is -1.32. The minimum Gasteiger partial charge on any atom is -0.458 e. The Labute approximate surface area is 77.5 Å². The van der Waals surface area contributed by atoms with E-state index in [0.717, 1.165) is 0 Å². The highest BCUT2D eigenvalue weighted by atomic mass is 16.6. The molecule has 0 saturated heterocycles. The molecule has 0 unspecified atom stereocenters. The molecule has 0 fully saturated rings. The van der Waals surface area contributed by atoms with Crippen LogP contribution in [0.15, 0.2) is 11.8 Å². The quantitative estimate of drug-likeness (QED) is 0.612. The number of ether oxygens (including phenoxy) is 2. The lowest BCUT2D eigenvalue weighted by Crippen LogP contribution is -2.04. The molecule has 1 aliphatic heterocycles. The van der Waals surface area contributed by atoms with Gasteiger partial charge in [0.2, 0.25) is 0 Å². The van der Waals surface area contributed by atoms with Crippen LogP contribution in [0.4, 0.5) is 0 Å². The molecule has 1 aliphatic rings. The number of hydrogen-bond donors (Lipinski definition) is 0. The van der Waals surface area contributed by atoms with Crippen molar-refractivity contribution in [3.8, 4) is 0 Å². The van der Waals surface area contributed by atoms with Crippen LogP contribution in [0.3, 0.4) is 0 Å². The third-order valence-corrected chi connectivity index (χ3v) is 1.16. The molecule has 13 heavy (non-hydrogen) atoms. The normalized spacial score (nSPS) is 13.8. The Morgan fingerprint density at radius 1 is 1.62 bits per heavy atom. The van der Waals surface area contributed by atoms with Gasteiger partial charge in [0, 0.05) is 6.92 Å². The van der Waals surface area contributed by atoms with Crippen molar-refractivity contribution >= 4 is 11.9 Å². The Morgan fingerprint density at radius 2 is 2.23 bits per heavy atom. The van der Waals surface area contributed by atoms with Gasteiger partial charge in [0.15, 0.2) is 0 Å². The number of carbonyl (C=O) groups excluding carboxylic acids is 2. The first kappa shape index (κ1) is 11.7. The zero-order valence-electron chi connectivity index (χ0n) is 8.12. The SMILES string of the molecule is CC.CC(=O)OCC1=CCC(=O)O1. The Kier molecular flexibility index (Phi) is 5.59. The summed E-state index contributed by atoms with van der Waals surface area (Å²) in [6.45, 7) is 5.36. The summed E-state index contributed by atoms with van der Waals surface area (Å²) in [5, 5.41) is 0. The van der Waals surface area contributed by atoms with Gasteiger partial charge < -0.3 is 9.47 Å². The first-order chi connectivity index (χ1) is 6.18. The smallest absolute Gasteiger partial charge is 0.314 e. The second kappa shape index (κ2) is 6.22. The topological polar surface area (TPSA) is 52.6 Å². The van der Waals surface area contributed by atoms with E-state index in [0.29, 0.717) is 5.76 Å². The average molecular weight is 186 g/mol. The predicted molar refractivity (Wildman–Crippen MR) is 46.8 cm³/mol. The highest BCUT2D eigenvalue weighted by Crippen LogP contribution is 2.10. The Balaban J connectivity index is 0.000000671. The fraction of sp³-hybridized carbons (Fsp3) is 0.556. The molecule has 0 amide bonds. The Morgan fingerprint density at radius 3 is 2.62 bits per heavy atom. The molecule has 1 rings (SSSR count). The van der Waals surface area contributed by atoms with Crippen LogP contribution in [-0.4, -0.2) is 18.5 Å². The van der Waals surface area contributed by atoms with Crippen molar-refractivity contribution in [1.29, 1.82) is 0 Å². The van der Waals surface area contributed by atoms with E-state index in [1.54, 1.807) is 6.08 Å². The minimum atomic E-state index is -0.381. The van der Waals surface area contributed by atoms with Crippen LogP contribution in [-0.2, 0) is 19.1 Å². The standard InChI is InChI=1S/C7H8O4.C2H6/c1-5(8)10-4-6-2-3-7(9)11-6;1-2/h2H,3-4H2,1H3;1-2H3. The molecule has 0 aliphatic carbocycles. The fourth-order valence-corrected chi connectivity index (χ4v) is 0.688. The molecule has 0 saturated carbocycles. The molecule has 0 N–H and O–H groups in total. The maximum Gasteiger partial charge on any atom is 0.314 e. The lowest BCUT2D eigenvalue weighted by Gasteiger charge is -2.00. The molecule has 4 heteroatoms. The van der Waals surface area contributed by atoms with Gasteiger partial charge in [0.1, 0.15) is 12.4 Å². The number of hydrogen-bond acceptors (Lipinski definition) is 4. The zero-order valence-corrected chi connectivity index (χ0v) is 8.12. The number of rotatable bonds is 2. The number of esters is 2. The minimum absolute atomic E-state index is 0.0566.